The third-order valence-corrected chi connectivity index (χ3v) is 6.86. The second-order valence-corrected chi connectivity index (χ2v) is 9.76. The number of carbonyl (C=O) groups is 1. The van der Waals surface area contributed by atoms with Crippen molar-refractivity contribution < 1.29 is 13.2 Å². The lowest BCUT2D eigenvalue weighted by Crippen LogP contribution is -2.41. The van der Waals surface area contributed by atoms with E-state index >= 15 is 0 Å². The molecule has 0 aliphatic carbocycles. The van der Waals surface area contributed by atoms with Crippen LogP contribution < -0.4 is 16.0 Å². The summed E-state index contributed by atoms with van der Waals surface area (Å²) in [4.78, 5) is 16.6. The fourth-order valence-corrected chi connectivity index (χ4v) is 5.29. The van der Waals surface area contributed by atoms with E-state index in [9.17, 15) is 13.2 Å². The molecule has 1 saturated heterocycles. The Morgan fingerprint density at radius 1 is 1.23 bits per heavy atom. The molecule has 2 heterocycles. The number of carbonyl (C=O) groups excluding carboxylic acids is 1. The maximum atomic E-state index is 12.0. The number of fused-ring (bicyclic) bond motifs is 1. The first-order valence-corrected chi connectivity index (χ1v) is 12.3. The number of halogens is 1. The van der Waals surface area contributed by atoms with Crippen LogP contribution >= 0.6 is 24.0 Å². The lowest BCUT2D eigenvalue weighted by atomic mass is 10.2. The number of hydrogen-bond donors (Lipinski definition) is 3. The van der Waals surface area contributed by atoms with Crippen LogP contribution in [0.1, 0.15) is 26.2 Å². The normalized spacial score (nSPS) is 17.8. The van der Waals surface area contributed by atoms with Gasteiger partial charge in [-0.2, -0.15) is 0 Å². The molecule has 8 nitrogen and oxygen atoms in total. The van der Waals surface area contributed by atoms with E-state index < -0.39 is 9.84 Å². The van der Waals surface area contributed by atoms with E-state index in [0.717, 1.165) is 19.5 Å². The summed E-state index contributed by atoms with van der Waals surface area (Å²) in [6.07, 6.45) is 3.79. The first kappa shape index (κ1) is 25.4. The minimum absolute atomic E-state index is 0. The second-order valence-electron chi connectivity index (χ2n) is 7.53. The standard InChI is InChI=1S/C21H31N5O3S.HI/c1-2-22-21(24-12-8-20(27)25-18-10-15-30(28,29)16-18)23-11-5-13-26-14-9-17-6-3-4-7-19(17)26;/h3-4,6-7,9,14,18H,2,5,8,10-13,15-16H2,1H3,(H,25,27)(H2,22,23,24);1H. The van der Waals surface area contributed by atoms with Crippen molar-refractivity contribution in [1.82, 2.24) is 20.5 Å². The average Bonchev–Trinajstić information content (AvgIpc) is 3.27. The van der Waals surface area contributed by atoms with E-state index in [1.807, 2.05) is 19.1 Å². The molecule has 1 aliphatic rings. The van der Waals surface area contributed by atoms with Gasteiger partial charge in [-0.15, -0.1) is 24.0 Å². The summed E-state index contributed by atoms with van der Waals surface area (Å²) >= 11 is 0. The first-order valence-electron chi connectivity index (χ1n) is 10.5. The van der Waals surface area contributed by atoms with Gasteiger partial charge in [0.05, 0.1) is 11.5 Å². The molecule has 3 rings (SSSR count). The molecule has 0 spiro atoms. The largest absolute Gasteiger partial charge is 0.357 e. The summed E-state index contributed by atoms with van der Waals surface area (Å²) in [6.45, 7) is 4.74. The van der Waals surface area contributed by atoms with E-state index in [1.165, 1.54) is 10.9 Å². The minimum atomic E-state index is -2.99. The van der Waals surface area contributed by atoms with Gasteiger partial charge in [-0.25, -0.2) is 8.42 Å². The van der Waals surface area contributed by atoms with E-state index in [1.54, 1.807) is 0 Å². The van der Waals surface area contributed by atoms with Gasteiger partial charge in [-0.3, -0.25) is 9.79 Å². The molecule has 2 aromatic rings. The van der Waals surface area contributed by atoms with Crippen molar-refractivity contribution in [3.8, 4) is 0 Å². The SMILES string of the molecule is CCNC(=NCCCn1ccc2ccccc21)NCCC(=O)NC1CCS(=O)(=O)C1.I. The molecule has 0 radical (unpaired) electrons. The van der Waals surface area contributed by atoms with Crippen LogP contribution in [0.4, 0.5) is 0 Å². The Kier molecular flexibility index (Phi) is 10.1. The molecule has 10 heteroatoms. The first-order chi connectivity index (χ1) is 14.5. The summed E-state index contributed by atoms with van der Waals surface area (Å²) in [5, 5.41) is 10.4. The Bertz CT molecular complexity index is 990. The Labute approximate surface area is 201 Å². The summed E-state index contributed by atoms with van der Waals surface area (Å²) in [7, 11) is -2.99. The number of benzene rings is 1. The smallest absolute Gasteiger partial charge is 0.222 e. The van der Waals surface area contributed by atoms with Crippen molar-refractivity contribution in [3.63, 3.8) is 0 Å². The molecule has 1 aromatic heterocycles. The summed E-state index contributed by atoms with van der Waals surface area (Å²) in [5.41, 5.74) is 1.23. The summed E-state index contributed by atoms with van der Waals surface area (Å²) in [5.74, 6) is 0.755. The zero-order chi connectivity index (χ0) is 21.4. The van der Waals surface area contributed by atoms with Gasteiger partial charge in [-0.05, 0) is 37.3 Å². The number of nitrogens with zero attached hydrogens (tertiary/aromatic N) is 2. The fourth-order valence-electron chi connectivity index (χ4n) is 3.61. The highest BCUT2D eigenvalue weighted by Crippen LogP contribution is 2.15. The summed E-state index contributed by atoms with van der Waals surface area (Å²) in [6, 6.07) is 10.2. The predicted molar refractivity (Wildman–Crippen MR) is 136 cm³/mol. The number of para-hydroxylation sites is 1. The van der Waals surface area contributed by atoms with E-state index in [-0.39, 0.29) is 53.9 Å². The molecule has 3 N–H and O–H groups in total. The quantitative estimate of drug-likeness (QED) is 0.188. The van der Waals surface area contributed by atoms with Gasteiger partial charge in [0.15, 0.2) is 15.8 Å². The van der Waals surface area contributed by atoms with Crippen molar-refractivity contribution in [3.05, 3.63) is 36.5 Å². The summed E-state index contributed by atoms with van der Waals surface area (Å²) < 4.78 is 25.2. The molecule has 1 aliphatic heterocycles. The van der Waals surface area contributed by atoms with Crippen LogP contribution in [-0.2, 0) is 21.2 Å². The molecule has 1 amide bonds. The monoisotopic (exact) mass is 561 g/mol. The molecule has 31 heavy (non-hydrogen) atoms. The van der Waals surface area contributed by atoms with Gasteiger partial charge in [0.2, 0.25) is 5.91 Å². The number of aryl methyl sites for hydroxylation is 1. The molecule has 1 fully saturated rings. The lowest BCUT2D eigenvalue weighted by molar-refractivity contribution is -0.121. The van der Waals surface area contributed by atoms with Crippen LogP contribution in [0.2, 0.25) is 0 Å². The van der Waals surface area contributed by atoms with Gasteiger partial charge in [-0.1, -0.05) is 18.2 Å². The maximum Gasteiger partial charge on any atom is 0.222 e. The Balaban J connectivity index is 0.00000341. The second kappa shape index (κ2) is 12.3. The van der Waals surface area contributed by atoms with Crippen molar-refractivity contribution in [2.75, 3.05) is 31.1 Å². The topological polar surface area (TPSA) is 105 Å². The van der Waals surface area contributed by atoms with Crippen LogP contribution in [0.15, 0.2) is 41.5 Å². The molecule has 0 saturated carbocycles. The van der Waals surface area contributed by atoms with E-state index in [2.05, 4.69) is 49.9 Å². The Morgan fingerprint density at radius 2 is 2.03 bits per heavy atom. The number of guanidine groups is 1. The number of aliphatic imine (C=N–C) groups is 1. The Morgan fingerprint density at radius 3 is 2.77 bits per heavy atom. The van der Waals surface area contributed by atoms with Crippen molar-refractivity contribution in [1.29, 1.82) is 0 Å². The zero-order valence-corrected chi connectivity index (χ0v) is 21.0. The highest BCUT2D eigenvalue weighted by Gasteiger charge is 2.28. The van der Waals surface area contributed by atoms with Crippen LogP contribution in [0.5, 0.6) is 0 Å². The van der Waals surface area contributed by atoms with Crippen LogP contribution in [0, 0.1) is 0 Å². The van der Waals surface area contributed by atoms with Crippen molar-refractivity contribution in [2.45, 2.75) is 38.8 Å². The molecule has 1 unspecified atom stereocenters. The third kappa shape index (κ3) is 7.99. The van der Waals surface area contributed by atoms with E-state index in [0.29, 0.717) is 25.5 Å². The lowest BCUT2D eigenvalue weighted by Gasteiger charge is -2.13. The van der Waals surface area contributed by atoms with Crippen LogP contribution in [-0.4, -0.2) is 62.0 Å². The van der Waals surface area contributed by atoms with Gasteiger partial charge in [0.1, 0.15) is 0 Å². The van der Waals surface area contributed by atoms with Crippen molar-refractivity contribution >= 4 is 56.6 Å². The predicted octanol–water partition coefficient (Wildman–Crippen LogP) is 1.90. The fraction of sp³-hybridized carbons (Fsp3) is 0.524. The average molecular weight is 561 g/mol. The van der Waals surface area contributed by atoms with Crippen molar-refractivity contribution in [2.24, 2.45) is 4.99 Å². The number of sulfone groups is 1. The third-order valence-electron chi connectivity index (χ3n) is 5.09. The number of hydrogen-bond acceptors (Lipinski definition) is 4. The zero-order valence-electron chi connectivity index (χ0n) is 17.8. The molecule has 1 aromatic carbocycles. The highest BCUT2D eigenvalue weighted by molar-refractivity contribution is 14.0. The van der Waals surface area contributed by atoms with Gasteiger partial charge in [0, 0.05) is 50.4 Å². The minimum Gasteiger partial charge on any atom is -0.357 e. The van der Waals surface area contributed by atoms with Gasteiger partial charge < -0.3 is 20.5 Å². The molecular weight excluding hydrogens is 529 g/mol. The van der Waals surface area contributed by atoms with Gasteiger partial charge >= 0.3 is 0 Å². The number of amides is 1. The molecule has 172 valence electrons. The Hall–Kier alpha value is -1.82. The highest BCUT2D eigenvalue weighted by atomic mass is 127. The van der Waals surface area contributed by atoms with Crippen LogP contribution in [0.3, 0.4) is 0 Å². The van der Waals surface area contributed by atoms with E-state index in [4.69, 9.17) is 0 Å². The van der Waals surface area contributed by atoms with Crippen LogP contribution in [0.25, 0.3) is 10.9 Å². The number of aromatic nitrogens is 1. The molecule has 1 atom stereocenters. The van der Waals surface area contributed by atoms with Gasteiger partial charge in [0.25, 0.3) is 0 Å². The molecular formula is C21H32IN5O3S. The number of nitrogens with one attached hydrogen (secondary N) is 3. The maximum absolute atomic E-state index is 12.0. The molecule has 0 bridgehead atoms. The number of rotatable bonds is 9.